The zero-order chi connectivity index (χ0) is 25.6. The summed E-state index contributed by atoms with van der Waals surface area (Å²) in [5, 5.41) is 8.13. The summed E-state index contributed by atoms with van der Waals surface area (Å²) >= 11 is 12.3. The number of hydrogen-bond donors (Lipinski definition) is 1. The Morgan fingerprint density at radius 2 is 1.73 bits per heavy atom. The van der Waals surface area contributed by atoms with Gasteiger partial charge in [0.1, 0.15) is 23.6 Å². The molecule has 6 nitrogen and oxygen atoms in total. The van der Waals surface area contributed by atoms with Gasteiger partial charge in [-0.05, 0) is 41.1 Å². The molecule has 5 rings (SSSR count). The number of ether oxygens (including phenoxy) is 2. The summed E-state index contributed by atoms with van der Waals surface area (Å²) in [6.45, 7) is 0.0371. The number of benzene rings is 4. The molecule has 1 amide bonds. The fraction of sp³-hybridized carbons (Fsp3) is 0.0690. The van der Waals surface area contributed by atoms with Crippen LogP contribution in [0.1, 0.15) is 11.1 Å². The van der Waals surface area contributed by atoms with E-state index in [2.05, 4.69) is 15.5 Å². The normalized spacial score (nSPS) is 11.2. The van der Waals surface area contributed by atoms with Gasteiger partial charge >= 0.3 is 0 Å². The van der Waals surface area contributed by atoms with Gasteiger partial charge in [-0.15, -0.1) is 0 Å². The van der Waals surface area contributed by atoms with Crippen LogP contribution in [0.3, 0.4) is 0 Å². The Hall–Kier alpha value is -4.13. The quantitative estimate of drug-likeness (QED) is 0.177. The number of halogens is 2. The summed E-state index contributed by atoms with van der Waals surface area (Å²) in [5.74, 6) is 0.725. The average molecular weight is 530 g/mol. The minimum Gasteiger partial charge on any atom is -0.488 e. The fourth-order valence-electron chi connectivity index (χ4n) is 3.87. The number of carbonyl (C=O) groups is 1. The molecule has 0 radical (unpaired) electrons. The van der Waals surface area contributed by atoms with Crippen LogP contribution >= 0.6 is 23.2 Å². The highest BCUT2D eigenvalue weighted by Crippen LogP contribution is 2.29. The van der Waals surface area contributed by atoms with Crippen molar-refractivity contribution in [1.29, 1.82) is 0 Å². The first-order valence-electron chi connectivity index (χ1n) is 11.5. The average Bonchev–Trinajstić information content (AvgIpc) is 2.92. The van der Waals surface area contributed by atoms with E-state index in [9.17, 15) is 4.79 Å². The van der Waals surface area contributed by atoms with Gasteiger partial charge in [0.25, 0.3) is 5.91 Å². The van der Waals surface area contributed by atoms with E-state index < -0.39 is 5.91 Å². The second-order valence-corrected chi connectivity index (χ2v) is 8.98. The van der Waals surface area contributed by atoms with Gasteiger partial charge in [-0.3, -0.25) is 9.78 Å². The topological polar surface area (TPSA) is 72.8 Å². The number of hydrogen-bond acceptors (Lipinski definition) is 5. The summed E-state index contributed by atoms with van der Waals surface area (Å²) in [4.78, 5) is 16.8. The lowest BCUT2D eigenvalue weighted by Gasteiger charge is -2.13. The second-order valence-electron chi connectivity index (χ2n) is 8.14. The van der Waals surface area contributed by atoms with E-state index in [-0.39, 0.29) is 13.2 Å². The first-order valence-corrected chi connectivity index (χ1v) is 12.2. The highest BCUT2D eigenvalue weighted by Gasteiger charge is 2.10. The van der Waals surface area contributed by atoms with E-state index in [0.29, 0.717) is 27.1 Å². The predicted octanol–water partition coefficient (Wildman–Crippen LogP) is 6.80. The molecule has 0 spiro atoms. The largest absolute Gasteiger partial charge is 0.488 e. The molecular formula is C29H21Cl2N3O3. The standard InChI is InChI=1S/C29H21Cl2N3O3/c30-22-12-10-21(25(31)15-22)17-36-26-13-11-19-5-1-2-8-23(19)24(26)16-33-34-28(35)18-37-27-9-3-6-20-7-4-14-32-29(20)27/h1-16H,17-18H2,(H,34,35)/b33-16+. The molecule has 0 atom stereocenters. The SMILES string of the molecule is O=C(COc1cccc2cccnc12)N/N=C/c1c(OCc2ccc(Cl)cc2Cl)ccc2ccccc12. The van der Waals surface area contributed by atoms with Crippen LogP contribution in [0, 0.1) is 0 Å². The van der Waals surface area contributed by atoms with Crippen LogP contribution in [0.4, 0.5) is 0 Å². The molecule has 4 aromatic carbocycles. The van der Waals surface area contributed by atoms with E-state index in [1.807, 2.05) is 66.7 Å². The third-order valence-electron chi connectivity index (χ3n) is 5.67. The Labute approximate surface area is 223 Å². The number of nitrogens with one attached hydrogen (secondary N) is 1. The maximum Gasteiger partial charge on any atom is 0.277 e. The third kappa shape index (κ3) is 5.82. The van der Waals surface area contributed by atoms with Crippen LogP contribution < -0.4 is 14.9 Å². The number of aromatic nitrogens is 1. The molecule has 0 unspecified atom stereocenters. The number of amides is 1. The summed E-state index contributed by atoms with van der Waals surface area (Å²) in [6, 6.07) is 26.3. The smallest absolute Gasteiger partial charge is 0.277 e. The molecule has 0 fully saturated rings. The summed E-state index contributed by atoms with van der Waals surface area (Å²) in [5.41, 5.74) is 4.74. The van der Waals surface area contributed by atoms with Crippen molar-refractivity contribution in [2.45, 2.75) is 6.61 Å². The van der Waals surface area contributed by atoms with Gasteiger partial charge in [0, 0.05) is 32.8 Å². The Balaban J connectivity index is 1.30. The second kappa shape index (κ2) is 11.3. The molecule has 1 N–H and O–H groups in total. The molecule has 8 heteroatoms. The van der Waals surface area contributed by atoms with Crippen molar-refractivity contribution in [2.75, 3.05) is 6.61 Å². The van der Waals surface area contributed by atoms with Gasteiger partial charge in [-0.1, -0.05) is 77.8 Å². The minimum absolute atomic E-state index is 0.207. The predicted molar refractivity (Wildman–Crippen MR) is 148 cm³/mol. The highest BCUT2D eigenvalue weighted by molar-refractivity contribution is 6.35. The fourth-order valence-corrected chi connectivity index (χ4v) is 4.33. The van der Waals surface area contributed by atoms with Crippen molar-refractivity contribution in [3.05, 3.63) is 112 Å². The van der Waals surface area contributed by atoms with E-state index in [1.54, 1.807) is 30.6 Å². The molecule has 1 heterocycles. The molecular weight excluding hydrogens is 509 g/mol. The van der Waals surface area contributed by atoms with E-state index in [4.69, 9.17) is 32.7 Å². The minimum atomic E-state index is -0.403. The van der Waals surface area contributed by atoms with Crippen molar-refractivity contribution in [1.82, 2.24) is 10.4 Å². The number of pyridine rings is 1. The van der Waals surface area contributed by atoms with Crippen molar-refractivity contribution >= 4 is 57.0 Å². The molecule has 0 saturated heterocycles. The van der Waals surface area contributed by atoms with E-state index in [0.717, 1.165) is 27.3 Å². The molecule has 1 aromatic heterocycles. The number of fused-ring (bicyclic) bond motifs is 2. The van der Waals surface area contributed by atoms with Gasteiger partial charge in [-0.2, -0.15) is 5.10 Å². The first kappa shape index (κ1) is 24.6. The Morgan fingerprint density at radius 3 is 2.62 bits per heavy atom. The number of hydrazone groups is 1. The lowest BCUT2D eigenvalue weighted by Crippen LogP contribution is -2.24. The third-order valence-corrected chi connectivity index (χ3v) is 6.25. The highest BCUT2D eigenvalue weighted by atomic mass is 35.5. The van der Waals surface area contributed by atoms with Crippen molar-refractivity contribution in [3.63, 3.8) is 0 Å². The maximum absolute atomic E-state index is 12.4. The molecule has 0 saturated carbocycles. The number of carbonyl (C=O) groups excluding carboxylic acids is 1. The zero-order valence-corrected chi connectivity index (χ0v) is 21.0. The molecule has 184 valence electrons. The first-order chi connectivity index (χ1) is 18.1. The van der Waals surface area contributed by atoms with E-state index >= 15 is 0 Å². The van der Waals surface area contributed by atoms with Gasteiger partial charge < -0.3 is 9.47 Å². The van der Waals surface area contributed by atoms with Crippen molar-refractivity contribution in [3.8, 4) is 11.5 Å². The van der Waals surface area contributed by atoms with Crippen molar-refractivity contribution < 1.29 is 14.3 Å². The van der Waals surface area contributed by atoms with Gasteiger partial charge in [0.2, 0.25) is 0 Å². The maximum atomic E-state index is 12.4. The summed E-state index contributed by atoms with van der Waals surface area (Å²) in [7, 11) is 0. The molecule has 0 bridgehead atoms. The molecule has 37 heavy (non-hydrogen) atoms. The van der Waals surface area contributed by atoms with Crippen LogP contribution in [0.25, 0.3) is 21.7 Å². The van der Waals surface area contributed by atoms with Gasteiger partial charge in [-0.25, -0.2) is 5.43 Å². The van der Waals surface area contributed by atoms with Crippen LogP contribution in [-0.2, 0) is 11.4 Å². The van der Waals surface area contributed by atoms with Crippen molar-refractivity contribution in [2.24, 2.45) is 5.10 Å². The lowest BCUT2D eigenvalue weighted by molar-refractivity contribution is -0.123. The molecule has 0 aliphatic heterocycles. The summed E-state index contributed by atoms with van der Waals surface area (Å²) < 4.78 is 11.8. The van der Waals surface area contributed by atoms with E-state index in [1.165, 1.54) is 0 Å². The van der Waals surface area contributed by atoms with Crippen LogP contribution in [0.2, 0.25) is 10.0 Å². The van der Waals surface area contributed by atoms with Gasteiger partial charge in [0.15, 0.2) is 6.61 Å². The zero-order valence-electron chi connectivity index (χ0n) is 19.5. The van der Waals surface area contributed by atoms with Crippen LogP contribution in [-0.4, -0.2) is 23.7 Å². The summed E-state index contributed by atoms with van der Waals surface area (Å²) in [6.07, 6.45) is 3.25. The Bertz CT molecular complexity index is 1620. The Morgan fingerprint density at radius 1 is 0.892 bits per heavy atom. The number of rotatable bonds is 8. The molecule has 0 aliphatic carbocycles. The molecule has 5 aromatic rings. The Kier molecular flexibility index (Phi) is 7.49. The van der Waals surface area contributed by atoms with Crippen LogP contribution in [0.15, 0.2) is 96.2 Å². The molecule has 0 aliphatic rings. The lowest BCUT2D eigenvalue weighted by atomic mass is 10.0. The van der Waals surface area contributed by atoms with Crippen LogP contribution in [0.5, 0.6) is 11.5 Å². The number of para-hydroxylation sites is 1. The monoisotopic (exact) mass is 529 g/mol. The number of nitrogens with zero attached hydrogens (tertiary/aromatic N) is 2. The van der Waals surface area contributed by atoms with Gasteiger partial charge in [0.05, 0.1) is 6.21 Å².